The van der Waals surface area contributed by atoms with Gasteiger partial charge in [-0.05, 0) is 63.1 Å². The Hall–Kier alpha value is -3.07. The van der Waals surface area contributed by atoms with E-state index >= 15 is 0 Å². The lowest BCUT2D eigenvalue weighted by molar-refractivity contribution is -0.152. The van der Waals surface area contributed by atoms with Gasteiger partial charge in [-0.15, -0.1) is 11.3 Å². The lowest BCUT2D eigenvalue weighted by atomic mass is 10.1. The summed E-state index contributed by atoms with van der Waals surface area (Å²) in [5.41, 5.74) is 0.111. The first-order chi connectivity index (χ1) is 15.5. The predicted octanol–water partition coefficient (Wildman–Crippen LogP) is 6.39. The molecule has 0 aliphatic rings. The van der Waals surface area contributed by atoms with E-state index in [0.29, 0.717) is 42.2 Å². The third kappa shape index (κ3) is 6.47. The molecule has 0 radical (unpaired) electrons. The SMILES string of the molecule is Cc1cc(OC(C)(C)C(=O)O)ccc1OCCCc1nc(-c2ccc(C(F)(F)F)cc2)cs1. The molecule has 0 saturated heterocycles. The summed E-state index contributed by atoms with van der Waals surface area (Å²) in [7, 11) is 0. The summed E-state index contributed by atoms with van der Waals surface area (Å²) in [6.45, 7) is 5.28. The van der Waals surface area contributed by atoms with Crippen molar-refractivity contribution >= 4 is 17.3 Å². The third-order valence-electron chi connectivity index (χ3n) is 4.89. The minimum atomic E-state index is -4.35. The van der Waals surface area contributed by atoms with Gasteiger partial charge in [0.05, 0.1) is 22.9 Å². The highest BCUT2D eigenvalue weighted by Crippen LogP contribution is 2.31. The molecule has 9 heteroatoms. The van der Waals surface area contributed by atoms with Gasteiger partial charge in [-0.1, -0.05) is 12.1 Å². The van der Waals surface area contributed by atoms with Gasteiger partial charge in [0.1, 0.15) is 11.5 Å². The summed E-state index contributed by atoms with van der Waals surface area (Å²) in [5, 5.41) is 11.9. The number of carbonyl (C=O) groups is 1. The zero-order valence-electron chi connectivity index (χ0n) is 18.4. The molecule has 5 nitrogen and oxygen atoms in total. The average Bonchev–Trinajstić information content (AvgIpc) is 3.20. The van der Waals surface area contributed by atoms with Crippen LogP contribution in [0.5, 0.6) is 11.5 Å². The van der Waals surface area contributed by atoms with E-state index < -0.39 is 23.3 Å². The number of carboxylic acid groups (broad SMARTS) is 1. The first-order valence-corrected chi connectivity index (χ1v) is 11.1. The number of alkyl halides is 3. The number of aliphatic carboxylic acids is 1. The van der Waals surface area contributed by atoms with E-state index in [1.165, 1.54) is 37.3 Å². The molecule has 3 aromatic rings. The van der Waals surface area contributed by atoms with Gasteiger partial charge in [0.2, 0.25) is 0 Å². The summed E-state index contributed by atoms with van der Waals surface area (Å²) in [6.07, 6.45) is -2.96. The summed E-state index contributed by atoms with van der Waals surface area (Å²) < 4.78 is 49.5. The van der Waals surface area contributed by atoms with Crippen molar-refractivity contribution in [3.8, 4) is 22.8 Å². The van der Waals surface area contributed by atoms with Crippen molar-refractivity contribution in [3.05, 3.63) is 64.0 Å². The Bertz CT molecular complexity index is 1110. The summed E-state index contributed by atoms with van der Waals surface area (Å²) in [5.74, 6) is 0.0787. The Morgan fingerprint density at radius 1 is 1.12 bits per heavy atom. The largest absolute Gasteiger partial charge is 0.493 e. The Labute approximate surface area is 193 Å². The van der Waals surface area contributed by atoms with Crippen LogP contribution in [0.3, 0.4) is 0 Å². The lowest BCUT2D eigenvalue weighted by Crippen LogP contribution is -2.37. The second kappa shape index (κ2) is 9.82. The molecule has 0 amide bonds. The number of thiazole rings is 1. The van der Waals surface area contributed by atoms with E-state index in [-0.39, 0.29) is 0 Å². The standard InChI is InChI=1S/C24H24F3NO4S/c1-15-13-18(32-23(2,3)22(29)30)10-11-20(15)31-12-4-5-21-28-19(14-33-21)16-6-8-17(9-7-16)24(25,26)27/h6-11,13-14H,4-5,12H2,1-3H3,(H,29,30). The van der Waals surface area contributed by atoms with Crippen LogP contribution in [-0.4, -0.2) is 28.3 Å². The smallest absolute Gasteiger partial charge is 0.416 e. The number of aromatic nitrogens is 1. The van der Waals surface area contributed by atoms with Crippen LogP contribution in [0.1, 0.15) is 36.4 Å². The van der Waals surface area contributed by atoms with Crippen molar-refractivity contribution in [2.45, 2.75) is 45.4 Å². The maximum absolute atomic E-state index is 12.7. The van der Waals surface area contributed by atoms with Crippen LogP contribution < -0.4 is 9.47 Å². The van der Waals surface area contributed by atoms with Crippen LogP contribution in [0.15, 0.2) is 47.8 Å². The first kappa shape index (κ1) is 24.6. The quantitative estimate of drug-likeness (QED) is 0.360. The van der Waals surface area contributed by atoms with Gasteiger partial charge < -0.3 is 14.6 Å². The number of aryl methyl sites for hydroxylation is 2. The van der Waals surface area contributed by atoms with Gasteiger partial charge in [0, 0.05) is 17.4 Å². The number of ether oxygens (including phenoxy) is 2. The maximum Gasteiger partial charge on any atom is 0.416 e. The Balaban J connectivity index is 1.51. The molecule has 2 aromatic carbocycles. The summed E-state index contributed by atoms with van der Waals surface area (Å²) in [6, 6.07) is 10.1. The van der Waals surface area contributed by atoms with Crippen molar-refractivity contribution in [1.82, 2.24) is 4.98 Å². The van der Waals surface area contributed by atoms with Crippen LogP contribution in [0.4, 0.5) is 13.2 Å². The molecule has 1 heterocycles. The summed E-state index contributed by atoms with van der Waals surface area (Å²) >= 11 is 1.46. The molecule has 0 atom stereocenters. The number of carboxylic acids is 1. The van der Waals surface area contributed by atoms with Gasteiger partial charge in [-0.2, -0.15) is 13.2 Å². The van der Waals surface area contributed by atoms with Gasteiger partial charge in [-0.25, -0.2) is 9.78 Å². The molecule has 0 unspecified atom stereocenters. The molecule has 0 fully saturated rings. The average molecular weight is 480 g/mol. The molecule has 0 spiro atoms. The van der Waals surface area contributed by atoms with E-state index in [1.807, 2.05) is 12.3 Å². The Morgan fingerprint density at radius 2 is 1.82 bits per heavy atom. The molecule has 1 N–H and O–H groups in total. The fraction of sp³-hybridized carbons (Fsp3) is 0.333. The van der Waals surface area contributed by atoms with E-state index in [9.17, 15) is 23.1 Å². The number of nitrogens with zero attached hydrogens (tertiary/aromatic N) is 1. The zero-order valence-corrected chi connectivity index (χ0v) is 19.2. The fourth-order valence-electron chi connectivity index (χ4n) is 2.98. The molecular weight excluding hydrogens is 455 g/mol. The third-order valence-corrected chi connectivity index (χ3v) is 5.80. The molecule has 0 aliphatic carbocycles. The van der Waals surface area contributed by atoms with E-state index in [4.69, 9.17) is 9.47 Å². The maximum atomic E-state index is 12.7. The number of rotatable bonds is 9. The van der Waals surface area contributed by atoms with Crippen molar-refractivity contribution in [1.29, 1.82) is 0 Å². The first-order valence-electron chi connectivity index (χ1n) is 10.2. The minimum absolute atomic E-state index is 0.450. The molecule has 176 valence electrons. The van der Waals surface area contributed by atoms with Crippen molar-refractivity contribution in [2.24, 2.45) is 0 Å². The number of hydrogen-bond acceptors (Lipinski definition) is 5. The van der Waals surface area contributed by atoms with E-state index in [0.717, 1.165) is 22.7 Å². The van der Waals surface area contributed by atoms with Crippen LogP contribution in [0.25, 0.3) is 11.3 Å². The molecule has 1 aromatic heterocycles. The predicted molar refractivity (Wildman–Crippen MR) is 120 cm³/mol. The highest BCUT2D eigenvalue weighted by molar-refractivity contribution is 7.09. The Morgan fingerprint density at radius 3 is 2.42 bits per heavy atom. The molecule has 0 bridgehead atoms. The minimum Gasteiger partial charge on any atom is -0.493 e. The zero-order chi connectivity index (χ0) is 24.2. The van der Waals surface area contributed by atoms with E-state index in [1.54, 1.807) is 18.2 Å². The molecule has 33 heavy (non-hydrogen) atoms. The van der Waals surface area contributed by atoms with Gasteiger partial charge in [-0.3, -0.25) is 0 Å². The molecule has 3 rings (SSSR count). The topological polar surface area (TPSA) is 68.7 Å². The molecular formula is C24H24F3NO4S. The normalized spacial score (nSPS) is 11.9. The van der Waals surface area contributed by atoms with Gasteiger partial charge in [0.15, 0.2) is 5.60 Å². The fourth-order valence-corrected chi connectivity index (χ4v) is 3.83. The van der Waals surface area contributed by atoms with Crippen molar-refractivity contribution in [2.75, 3.05) is 6.61 Å². The van der Waals surface area contributed by atoms with Crippen LogP contribution >= 0.6 is 11.3 Å². The number of benzene rings is 2. The summed E-state index contributed by atoms with van der Waals surface area (Å²) in [4.78, 5) is 15.7. The van der Waals surface area contributed by atoms with Crippen molar-refractivity contribution < 1.29 is 32.5 Å². The highest BCUT2D eigenvalue weighted by atomic mass is 32.1. The second-order valence-electron chi connectivity index (χ2n) is 8.00. The van der Waals surface area contributed by atoms with Gasteiger partial charge in [0.25, 0.3) is 0 Å². The monoisotopic (exact) mass is 479 g/mol. The van der Waals surface area contributed by atoms with Crippen LogP contribution in [0, 0.1) is 6.92 Å². The van der Waals surface area contributed by atoms with Crippen LogP contribution in [0.2, 0.25) is 0 Å². The lowest BCUT2D eigenvalue weighted by Gasteiger charge is -2.22. The second-order valence-corrected chi connectivity index (χ2v) is 8.94. The molecule has 0 aliphatic heterocycles. The number of hydrogen-bond donors (Lipinski definition) is 1. The van der Waals surface area contributed by atoms with Gasteiger partial charge >= 0.3 is 12.1 Å². The highest BCUT2D eigenvalue weighted by Gasteiger charge is 2.30. The molecule has 0 saturated carbocycles. The Kier molecular flexibility index (Phi) is 7.31. The van der Waals surface area contributed by atoms with Crippen molar-refractivity contribution in [3.63, 3.8) is 0 Å². The van der Waals surface area contributed by atoms with E-state index in [2.05, 4.69) is 4.98 Å². The van der Waals surface area contributed by atoms with Crippen LogP contribution in [-0.2, 0) is 17.4 Å². The number of halogens is 3.